The Morgan fingerprint density at radius 3 is 2.04 bits per heavy atom. The predicted molar refractivity (Wildman–Crippen MR) is 113 cm³/mol. The minimum absolute atomic E-state index is 1.13. The molecule has 0 amide bonds. The molecular formula is C23H29GeN. The van der Waals surface area contributed by atoms with E-state index in [0.717, 1.165) is 5.69 Å². The first-order valence-electron chi connectivity index (χ1n) is 9.51. The van der Waals surface area contributed by atoms with Gasteiger partial charge in [0.15, 0.2) is 0 Å². The van der Waals surface area contributed by atoms with Crippen molar-refractivity contribution in [1.29, 1.82) is 0 Å². The summed E-state index contributed by atoms with van der Waals surface area (Å²) in [6.45, 7) is 11.5. The van der Waals surface area contributed by atoms with E-state index < -0.39 is 13.3 Å². The molecule has 0 aliphatic heterocycles. The van der Waals surface area contributed by atoms with Crippen LogP contribution in [0.5, 0.6) is 0 Å². The van der Waals surface area contributed by atoms with Crippen molar-refractivity contribution in [1.82, 2.24) is 4.98 Å². The zero-order valence-corrected chi connectivity index (χ0v) is 18.3. The van der Waals surface area contributed by atoms with Crippen LogP contribution in [0.15, 0.2) is 48.7 Å². The number of benzene rings is 2. The summed E-state index contributed by atoms with van der Waals surface area (Å²) in [5.74, 6) is 0. The van der Waals surface area contributed by atoms with Crippen LogP contribution in [-0.4, -0.2) is 18.3 Å². The van der Waals surface area contributed by atoms with Gasteiger partial charge < -0.3 is 0 Å². The number of hydrogen-bond donors (Lipinski definition) is 0. The van der Waals surface area contributed by atoms with E-state index in [1.54, 1.807) is 4.40 Å². The van der Waals surface area contributed by atoms with E-state index in [4.69, 9.17) is 4.98 Å². The molecule has 2 aromatic carbocycles. The van der Waals surface area contributed by atoms with Crippen LogP contribution in [0.25, 0.3) is 22.0 Å². The monoisotopic (exact) mass is 393 g/mol. The number of nitrogens with zero attached hydrogens (tertiary/aromatic N) is 1. The van der Waals surface area contributed by atoms with Crippen LogP contribution in [0.3, 0.4) is 0 Å². The second-order valence-electron chi connectivity index (χ2n) is 7.31. The standard InChI is InChI=1S/C23H29GeN/c1-6-24(7-2,8-3)21-10-9-19-11-12-25-23(22(19)16-21)20-14-17(4)13-18(5)15-20/h9-16H,6-8H2,1-5H3. The topological polar surface area (TPSA) is 12.9 Å². The molecule has 0 N–H and O–H groups in total. The number of aryl methyl sites for hydroxylation is 2. The molecule has 3 rings (SSSR count). The first-order chi connectivity index (χ1) is 12.0. The van der Waals surface area contributed by atoms with Crippen molar-refractivity contribution in [2.24, 2.45) is 0 Å². The molecule has 1 aromatic heterocycles. The molecular weight excluding hydrogens is 363 g/mol. The fourth-order valence-corrected chi connectivity index (χ4v) is 11.8. The molecule has 130 valence electrons. The van der Waals surface area contributed by atoms with Crippen LogP contribution in [0.2, 0.25) is 15.8 Å². The summed E-state index contributed by atoms with van der Waals surface area (Å²) >= 11 is -1.96. The molecule has 0 fully saturated rings. The van der Waals surface area contributed by atoms with Crippen molar-refractivity contribution in [2.75, 3.05) is 0 Å². The third kappa shape index (κ3) is 3.39. The second kappa shape index (κ2) is 7.33. The van der Waals surface area contributed by atoms with Gasteiger partial charge in [-0.3, -0.25) is 0 Å². The Bertz CT molecular complexity index is 865. The fraction of sp³-hybridized carbons (Fsp3) is 0.348. The Kier molecular flexibility index (Phi) is 5.33. The molecule has 0 saturated heterocycles. The number of hydrogen-bond acceptors (Lipinski definition) is 1. The van der Waals surface area contributed by atoms with E-state index in [0.29, 0.717) is 0 Å². The first kappa shape index (κ1) is 18.2. The minimum atomic E-state index is -1.96. The van der Waals surface area contributed by atoms with Crippen molar-refractivity contribution in [3.8, 4) is 11.3 Å². The summed E-state index contributed by atoms with van der Waals surface area (Å²) in [4.78, 5) is 4.78. The van der Waals surface area contributed by atoms with E-state index >= 15 is 0 Å². The van der Waals surface area contributed by atoms with Gasteiger partial charge >= 0.3 is 155 Å². The van der Waals surface area contributed by atoms with Gasteiger partial charge in [0.05, 0.1) is 0 Å². The summed E-state index contributed by atoms with van der Waals surface area (Å²) in [5, 5.41) is 6.69. The zero-order chi connectivity index (χ0) is 18.0. The maximum absolute atomic E-state index is 4.78. The van der Waals surface area contributed by atoms with E-state index in [1.807, 2.05) is 6.20 Å². The van der Waals surface area contributed by atoms with E-state index in [9.17, 15) is 0 Å². The fourth-order valence-electron chi connectivity index (χ4n) is 4.20. The van der Waals surface area contributed by atoms with Crippen molar-refractivity contribution >= 4 is 28.4 Å². The van der Waals surface area contributed by atoms with E-state index in [2.05, 4.69) is 77.1 Å². The third-order valence-corrected chi connectivity index (χ3v) is 17.6. The number of pyridine rings is 1. The van der Waals surface area contributed by atoms with Gasteiger partial charge in [0.25, 0.3) is 0 Å². The molecule has 0 aliphatic carbocycles. The van der Waals surface area contributed by atoms with Gasteiger partial charge in [0.2, 0.25) is 0 Å². The number of rotatable bonds is 5. The number of fused-ring (bicyclic) bond motifs is 1. The van der Waals surface area contributed by atoms with E-state index in [-0.39, 0.29) is 0 Å². The van der Waals surface area contributed by atoms with Crippen LogP contribution in [-0.2, 0) is 0 Å². The molecule has 0 saturated carbocycles. The average Bonchev–Trinajstić information content (AvgIpc) is 2.62. The van der Waals surface area contributed by atoms with Crippen LogP contribution >= 0.6 is 0 Å². The van der Waals surface area contributed by atoms with Crippen molar-refractivity contribution in [2.45, 2.75) is 50.4 Å². The summed E-state index contributed by atoms with van der Waals surface area (Å²) in [5.41, 5.74) is 4.97. The molecule has 25 heavy (non-hydrogen) atoms. The molecule has 2 heteroatoms. The van der Waals surface area contributed by atoms with Gasteiger partial charge in [-0.25, -0.2) is 0 Å². The Hall–Kier alpha value is -1.61. The molecule has 0 bridgehead atoms. The third-order valence-electron chi connectivity index (χ3n) is 5.90. The van der Waals surface area contributed by atoms with Crippen molar-refractivity contribution < 1.29 is 0 Å². The van der Waals surface area contributed by atoms with Crippen LogP contribution in [0.1, 0.15) is 31.9 Å². The molecule has 1 heterocycles. The Labute approximate surface area is 154 Å². The zero-order valence-electron chi connectivity index (χ0n) is 16.2. The summed E-state index contributed by atoms with van der Waals surface area (Å²) in [7, 11) is 0. The van der Waals surface area contributed by atoms with Gasteiger partial charge in [-0.15, -0.1) is 0 Å². The molecule has 0 unspecified atom stereocenters. The van der Waals surface area contributed by atoms with Gasteiger partial charge in [-0.05, 0) is 0 Å². The molecule has 3 aromatic rings. The van der Waals surface area contributed by atoms with Gasteiger partial charge in [0.1, 0.15) is 0 Å². The SMILES string of the molecule is C[CH2][Ge]([CH2]C)([CH2]C)[c]1ccc2ccnc(-c3cc(C)cc(C)c3)c2c1. The summed E-state index contributed by atoms with van der Waals surface area (Å²) in [6.07, 6.45) is 1.95. The average molecular weight is 392 g/mol. The van der Waals surface area contributed by atoms with Gasteiger partial charge in [-0.2, -0.15) is 0 Å². The number of aromatic nitrogens is 1. The summed E-state index contributed by atoms with van der Waals surface area (Å²) in [6, 6.07) is 16.1. The van der Waals surface area contributed by atoms with E-state index in [1.165, 1.54) is 43.2 Å². The van der Waals surface area contributed by atoms with Crippen LogP contribution in [0.4, 0.5) is 0 Å². The van der Waals surface area contributed by atoms with Crippen LogP contribution < -0.4 is 4.40 Å². The molecule has 1 nitrogen and oxygen atoms in total. The normalized spacial score (nSPS) is 11.9. The Morgan fingerprint density at radius 1 is 0.800 bits per heavy atom. The first-order valence-corrected chi connectivity index (χ1v) is 15.0. The van der Waals surface area contributed by atoms with Gasteiger partial charge in [-0.1, -0.05) is 0 Å². The quantitative estimate of drug-likeness (QED) is 0.469. The maximum atomic E-state index is 4.78. The molecule has 0 aliphatic rings. The van der Waals surface area contributed by atoms with Crippen LogP contribution in [0, 0.1) is 13.8 Å². The Balaban J connectivity index is 2.25. The Morgan fingerprint density at radius 2 is 1.44 bits per heavy atom. The predicted octanol–water partition coefficient (Wildman–Crippen LogP) is 6.23. The molecule has 0 spiro atoms. The van der Waals surface area contributed by atoms with Crippen molar-refractivity contribution in [3.05, 3.63) is 59.8 Å². The summed E-state index contributed by atoms with van der Waals surface area (Å²) < 4.78 is 1.64. The molecule has 0 atom stereocenters. The second-order valence-corrected chi connectivity index (χ2v) is 18.3. The van der Waals surface area contributed by atoms with Crippen molar-refractivity contribution in [3.63, 3.8) is 0 Å². The molecule has 0 radical (unpaired) electrons. The van der Waals surface area contributed by atoms with Gasteiger partial charge in [0, 0.05) is 0 Å².